The van der Waals surface area contributed by atoms with Crippen LogP contribution in [0.15, 0.2) is 48.5 Å². The number of methoxy groups -OCH3 is 1. The van der Waals surface area contributed by atoms with Gasteiger partial charge >= 0.3 is 0 Å². The first-order valence-electron chi connectivity index (χ1n) is 8.69. The fraction of sp³-hybridized carbons (Fsp3) is 0.400. The van der Waals surface area contributed by atoms with Gasteiger partial charge < -0.3 is 21.1 Å². The zero-order chi connectivity index (χ0) is 16.8. The molecule has 1 aliphatic heterocycles. The number of ether oxygens (including phenoxy) is 1. The number of nitrogens with one attached hydrogen (secondary N) is 2. The van der Waals surface area contributed by atoms with E-state index in [-0.39, 0.29) is 0 Å². The smallest absolute Gasteiger partial charge is 0.123 e. The molecule has 24 heavy (non-hydrogen) atoms. The minimum Gasteiger partial charge on any atom is -0.496 e. The second-order valence-corrected chi connectivity index (χ2v) is 6.32. The Morgan fingerprint density at radius 1 is 1.21 bits per heavy atom. The Hall–Kier alpha value is -1.88. The molecule has 1 heterocycles. The second-order valence-electron chi connectivity index (χ2n) is 6.32. The number of hydrogen-bond acceptors (Lipinski definition) is 4. The summed E-state index contributed by atoms with van der Waals surface area (Å²) in [4.78, 5) is 0. The molecule has 4 heteroatoms. The van der Waals surface area contributed by atoms with Crippen LogP contribution in [0.1, 0.15) is 35.6 Å². The molecule has 3 rings (SSSR count). The molecule has 0 amide bonds. The van der Waals surface area contributed by atoms with Crippen molar-refractivity contribution in [1.82, 2.24) is 10.6 Å². The first kappa shape index (κ1) is 17.0. The second kappa shape index (κ2) is 8.29. The molecule has 2 aromatic rings. The van der Waals surface area contributed by atoms with Gasteiger partial charge in [-0.2, -0.15) is 0 Å². The first-order valence-corrected chi connectivity index (χ1v) is 8.69. The molecule has 2 unspecified atom stereocenters. The molecule has 0 saturated carbocycles. The van der Waals surface area contributed by atoms with E-state index in [0.29, 0.717) is 18.6 Å². The fourth-order valence-electron chi connectivity index (χ4n) is 3.46. The van der Waals surface area contributed by atoms with Gasteiger partial charge in [-0.25, -0.2) is 0 Å². The topological polar surface area (TPSA) is 59.3 Å². The maximum absolute atomic E-state index is 5.80. The van der Waals surface area contributed by atoms with Crippen molar-refractivity contribution in [2.75, 3.05) is 13.7 Å². The van der Waals surface area contributed by atoms with Gasteiger partial charge in [0.1, 0.15) is 5.75 Å². The number of benzene rings is 2. The molecule has 0 spiro atoms. The molecule has 0 aromatic heterocycles. The van der Waals surface area contributed by atoms with Crippen molar-refractivity contribution in [2.24, 2.45) is 5.73 Å². The molecule has 128 valence electrons. The van der Waals surface area contributed by atoms with Crippen LogP contribution in [0.2, 0.25) is 0 Å². The van der Waals surface area contributed by atoms with Crippen LogP contribution in [0, 0.1) is 0 Å². The fourth-order valence-corrected chi connectivity index (χ4v) is 3.46. The standard InChI is InChI=1S/C20H27N3O/c1-24-19-10-3-2-7-17(19)14-23-18-9-5-11-22-20(18)16-8-4-6-15(12-16)13-21/h2-4,6-8,10,12,18,20,22-23H,5,9,11,13-14,21H2,1H3. The molecule has 1 saturated heterocycles. The Morgan fingerprint density at radius 3 is 2.92 bits per heavy atom. The van der Waals surface area contributed by atoms with Gasteiger partial charge in [0.2, 0.25) is 0 Å². The third-order valence-electron chi connectivity index (χ3n) is 4.75. The Balaban J connectivity index is 1.72. The summed E-state index contributed by atoms with van der Waals surface area (Å²) in [5.41, 5.74) is 9.49. The predicted octanol–water partition coefficient (Wildman–Crippen LogP) is 2.74. The van der Waals surface area contributed by atoms with Crippen molar-refractivity contribution >= 4 is 0 Å². The zero-order valence-corrected chi connectivity index (χ0v) is 14.3. The van der Waals surface area contributed by atoms with E-state index in [1.807, 2.05) is 12.1 Å². The molecule has 2 atom stereocenters. The number of para-hydroxylation sites is 1. The third kappa shape index (κ3) is 3.96. The molecule has 2 aromatic carbocycles. The number of nitrogens with two attached hydrogens (primary N) is 1. The first-order chi connectivity index (χ1) is 11.8. The maximum Gasteiger partial charge on any atom is 0.123 e. The lowest BCUT2D eigenvalue weighted by Gasteiger charge is -2.34. The van der Waals surface area contributed by atoms with Crippen LogP contribution in [0.3, 0.4) is 0 Å². The van der Waals surface area contributed by atoms with Gasteiger partial charge in [0.05, 0.1) is 7.11 Å². The summed E-state index contributed by atoms with van der Waals surface area (Å²) in [6.45, 7) is 2.45. The van der Waals surface area contributed by atoms with Crippen molar-refractivity contribution in [1.29, 1.82) is 0 Å². The highest BCUT2D eigenvalue weighted by molar-refractivity contribution is 5.33. The summed E-state index contributed by atoms with van der Waals surface area (Å²) in [6, 6.07) is 17.5. The molecule has 4 N–H and O–H groups in total. The highest BCUT2D eigenvalue weighted by Gasteiger charge is 2.26. The predicted molar refractivity (Wildman–Crippen MR) is 97.9 cm³/mol. The highest BCUT2D eigenvalue weighted by atomic mass is 16.5. The third-order valence-corrected chi connectivity index (χ3v) is 4.75. The minimum absolute atomic E-state index is 0.319. The van der Waals surface area contributed by atoms with Gasteiger partial charge in [0.25, 0.3) is 0 Å². The van der Waals surface area contributed by atoms with E-state index in [9.17, 15) is 0 Å². The van der Waals surface area contributed by atoms with Gasteiger partial charge in [-0.15, -0.1) is 0 Å². The van der Waals surface area contributed by atoms with E-state index in [1.54, 1.807) is 7.11 Å². The van der Waals surface area contributed by atoms with Gasteiger partial charge in [0.15, 0.2) is 0 Å². The van der Waals surface area contributed by atoms with E-state index in [0.717, 1.165) is 18.8 Å². The molecule has 4 nitrogen and oxygen atoms in total. The summed E-state index contributed by atoms with van der Waals surface area (Å²) in [7, 11) is 1.72. The van der Waals surface area contributed by atoms with E-state index in [2.05, 4.69) is 47.0 Å². The molecule has 1 fully saturated rings. The largest absolute Gasteiger partial charge is 0.496 e. The Kier molecular flexibility index (Phi) is 5.86. The Morgan fingerprint density at radius 2 is 2.08 bits per heavy atom. The van der Waals surface area contributed by atoms with Gasteiger partial charge in [-0.05, 0) is 36.6 Å². The molecule has 1 aliphatic rings. The van der Waals surface area contributed by atoms with Crippen LogP contribution in [-0.4, -0.2) is 19.7 Å². The zero-order valence-electron chi connectivity index (χ0n) is 14.3. The van der Waals surface area contributed by atoms with Crippen LogP contribution in [0.25, 0.3) is 0 Å². The quantitative estimate of drug-likeness (QED) is 0.764. The highest BCUT2D eigenvalue weighted by Crippen LogP contribution is 2.25. The van der Waals surface area contributed by atoms with Crippen molar-refractivity contribution in [3.05, 3.63) is 65.2 Å². The summed E-state index contributed by atoms with van der Waals surface area (Å²) >= 11 is 0. The monoisotopic (exact) mass is 325 g/mol. The average molecular weight is 325 g/mol. The van der Waals surface area contributed by atoms with Crippen LogP contribution in [0.5, 0.6) is 5.75 Å². The van der Waals surface area contributed by atoms with Gasteiger partial charge in [0, 0.05) is 30.7 Å². The lowest BCUT2D eigenvalue weighted by molar-refractivity contribution is 0.302. The van der Waals surface area contributed by atoms with Crippen LogP contribution in [0.4, 0.5) is 0 Å². The van der Waals surface area contributed by atoms with Crippen molar-refractivity contribution in [3.8, 4) is 5.75 Å². The van der Waals surface area contributed by atoms with Gasteiger partial charge in [-0.1, -0.05) is 42.5 Å². The summed E-state index contributed by atoms with van der Waals surface area (Å²) in [5, 5.41) is 7.39. The minimum atomic E-state index is 0.319. The summed E-state index contributed by atoms with van der Waals surface area (Å²) in [6.07, 6.45) is 2.36. The van der Waals surface area contributed by atoms with E-state index >= 15 is 0 Å². The lowest BCUT2D eigenvalue weighted by atomic mass is 9.91. The van der Waals surface area contributed by atoms with Crippen molar-refractivity contribution < 1.29 is 4.74 Å². The van der Waals surface area contributed by atoms with Crippen molar-refractivity contribution in [3.63, 3.8) is 0 Å². The number of piperidine rings is 1. The van der Waals surface area contributed by atoms with Crippen molar-refractivity contribution in [2.45, 2.75) is 38.0 Å². The molecule has 0 bridgehead atoms. The number of rotatable bonds is 6. The molecular formula is C20H27N3O. The van der Waals surface area contributed by atoms with E-state index in [4.69, 9.17) is 10.5 Å². The average Bonchev–Trinajstić information content (AvgIpc) is 2.67. The summed E-state index contributed by atoms with van der Waals surface area (Å²) < 4.78 is 5.46. The van der Waals surface area contributed by atoms with E-state index < -0.39 is 0 Å². The molecular weight excluding hydrogens is 298 g/mol. The lowest BCUT2D eigenvalue weighted by Crippen LogP contribution is -2.45. The van der Waals surface area contributed by atoms with Gasteiger partial charge in [-0.3, -0.25) is 0 Å². The maximum atomic E-state index is 5.80. The SMILES string of the molecule is COc1ccccc1CNC1CCCNC1c1cccc(CN)c1. The van der Waals surface area contributed by atoms with E-state index in [1.165, 1.54) is 29.5 Å². The summed E-state index contributed by atoms with van der Waals surface area (Å²) in [5.74, 6) is 0.940. The van der Waals surface area contributed by atoms with Crippen LogP contribution in [-0.2, 0) is 13.1 Å². The normalized spacial score (nSPS) is 20.8. The molecule has 0 aliphatic carbocycles. The molecule has 0 radical (unpaired) electrons. The number of hydrogen-bond donors (Lipinski definition) is 3. The Labute approximate surface area is 144 Å². The van der Waals surface area contributed by atoms with Crippen LogP contribution < -0.4 is 21.1 Å². The Bertz CT molecular complexity index is 659. The van der Waals surface area contributed by atoms with Crippen LogP contribution >= 0.6 is 0 Å².